The smallest absolute Gasteiger partial charge is 0.356 e. The normalized spacial score (nSPS) is 10.9. The number of rotatable bonds is 4. The van der Waals surface area contributed by atoms with E-state index in [1.54, 1.807) is 6.92 Å². The topological polar surface area (TPSA) is 71.2 Å². The van der Waals surface area contributed by atoms with Crippen molar-refractivity contribution in [1.29, 1.82) is 0 Å². The van der Waals surface area contributed by atoms with E-state index in [4.69, 9.17) is 4.74 Å². The van der Waals surface area contributed by atoms with Gasteiger partial charge >= 0.3 is 5.97 Å². The Morgan fingerprint density at radius 3 is 2.41 bits per heavy atom. The number of aromatic amines is 1. The van der Waals surface area contributed by atoms with Crippen LogP contribution < -0.4 is 5.32 Å². The van der Waals surface area contributed by atoms with Gasteiger partial charge in [0.25, 0.3) is 5.91 Å². The van der Waals surface area contributed by atoms with Gasteiger partial charge in [0.1, 0.15) is 5.69 Å². The highest BCUT2D eigenvalue weighted by atomic mass is 16.5. The van der Waals surface area contributed by atoms with E-state index in [2.05, 4.69) is 10.3 Å². The van der Waals surface area contributed by atoms with Crippen molar-refractivity contribution in [2.24, 2.45) is 0 Å². The molecule has 0 aliphatic rings. The lowest BCUT2D eigenvalue weighted by Gasteiger charge is -2.11. The third kappa shape index (κ3) is 3.58. The minimum atomic E-state index is -0.488. The van der Waals surface area contributed by atoms with Gasteiger partial charge in [0.15, 0.2) is 0 Å². The van der Waals surface area contributed by atoms with Crippen molar-refractivity contribution in [1.82, 2.24) is 4.98 Å². The van der Waals surface area contributed by atoms with Gasteiger partial charge in [0.05, 0.1) is 12.3 Å². The Kier molecular flexibility index (Phi) is 5.04. The molecule has 140 valence electrons. The number of hydrogen-bond acceptors (Lipinski definition) is 3. The Morgan fingerprint density at radius 2 is 1.70 bits per heavy atom. The van der Waals surface area contributed by atoms with Crippen molar-refractivity contribution in [3.05, 3.63) is 63.8 Å². The zero-order valence-electron chi connectivity index (χ0n) is 16.3. The van der Waals surface area contributed by atoms with Gasteiger partial charge in [0, 0.05) is 16.5 Å². The molecule has 1 heterocycles. The van der Waals surface area contributed by atoms with Gasteiger partial charge in [-0.25, -0.2) is 4.79 Å². The first-order valence-corrected chi connectivity index (χ1v) is 9.00. The van der Waals surface area contributed by atoms with Crippen molar-refractivity contribution < 1.29 is 14.3 Å². The van der Waals surface area contributed by atoms with Crippen LogP contribution in [0.2, 0.25) is 0 Å². The van der Waals surface area contributed by atoms with E-state index < -0.39 is 5.97 Å². The zero-order valence-corrected chi connectivity index (χ0v) is 16.3. The molecule has 3 aromatic rings. The summed E-state index contributed by atoms with van der Waals surface area (Å²) in [6, 6.07) is 9.66. The number of hydrogen-bond donors (Lipinski definition) is 2. The number of esters is 1. The quantitative estimate of drug-likeness (QED) is 0.651. The van der Waals surface area contributed by atoms with E-state index in [1.807, 2.05) is 58.0 Å². The molecule has 0 aliphatic heterocycles. The molecular formula is C22H24N2O3. The van der Waals surface area contributed by atoms with Crippen molar-refractivity contribution in [3.8, 4) is 0 Å². The van der Waals surface area contributed by atoms with Crippen LogP contribution in [-0.2, 0) is 4.74 Å². The highest BCUT2D eigenvalue weighted by Crippen LogP contribution is 2.30. The van der Waals surface area contributed by atoms with E-state index in [9.17, 15) is 9.59 Å². The molecule has 1 aromatic heterocycles. The predicted molar refractivity (Wildman–Crippen MR) is 108 cm³/mol. The SMILES string of the molecule is CCOC(=O)c1[nH]c2ccc(C)cc2c1NC(=O)c1cc(C)c(C)cc1C. The predicted octanol–water partition coefficient (Wildman–Crippen LogP) is 4.83. The van der Waals surface area contributed by atoms with Crippen LogP contribution in [0.15, 0.2) is 30.3 Å². The molecule has 0 bridgehead atoms. The summed E-state index contributed by atoms with van der Waals surface area (Å²) >= 11 is 0. The first-order valence-electron chi connectivity index (χ1n) is 9.00. The fraction of sp³-hybridized carbons (Fsp3) is 0.273. The number of ether oxygens (including phenoxy) is 1. The average Bonchev–Trinajstić information content (AvgIpc) is 2.96. The van der Waals surface area contributed by atoms with Crippen molar-refractivity contribution in [3.63, 3.8) is 0 Å². The summed E-state index contributed by atoms with van der Waals surface area (Å²) in [5, 5.41) is 3.72. The van der Waals surface area contributed by atoms with E-state index in [1.165, 1.54) is 0 Å². The van der Waals surface area contributed by atoms with Crippen molar-refractivity contribution in [2.75, 3.05) is 11.9 Å². The number of carbonyl (C=O) groups excluding carboxylic acids is 2. The first-order chi connectivity index (χ1) is 12.8. The Balaban J connectivity index is 2.08. The number of anilines is 1. The molecule has 2 N–H and O–H groups in total. The molecule has 5 nitrogen and oxygen atoms in total. The number of carbonyl (C=O) groups is 2. The molecule has 27 heavy (non-hydrogen) atoms. The maximum atomic E-state index is 13.0. The lowest BCUT2D eigenvalue weighted by molar-refractivity contribution is 0.0522. The van der Waals surface area contributed by atoms with Gasteiger partial charge in [-0.3, -0.25) is 4.79 Å². The highest BCUT2D eigenvalue weighted by Gasteiger charge is 2.22. The number of nitrogens with one attached hydrogen (secondary N) is 2. The van der Waals surface area contributed by atoms with Crippen LogP contribution in [0.5, 0.6) is 0 Å². The van der Waals surface area contributed by atoms with Gasteiger partial charge in [-0.2, -0.15) is 0 Å². The van der Waals surface area contributed by atoms with Crippen LogP contribution >= 0.6 is 0 Å². The average molecular weight is 364 g/mol. The van der Waals surface area contributed by atoms with E-state index >= 15 is 0 Å². The fourth-order valence-corrected chi connectivity index (χ4v) is 3.18. The molecule has 0 unspecified atom stereocenters. The summed E-state index contributed by atoms with van der Waals surface area (Å²) in [5.41, 5.74) is 6.19. The number of benzene rings is 2. The molecule has 2 aromatic carbocycles. The van der Waals surface area contributed by atoms with E-state index in [0.717, 1.165) is 33.2 Å². The maximum Gasteiger partial charge on any atom is 0.356 e. The molecular weight excluding hydrogens is 340 g/mol. The van der Waals surface area contributed by atoms with Crippen molar-refractivity contribution >= 4 is 28.5 Å². The summed E-state index contributed by atoms with van der Waals surface area (Å²) in [4.78, 5) is 28.5. The molecule has 0 fully saturated rings. The molecule has 5 heteroatoms. The molecule has 0 spiro atoms. The Hall–Kier alpha value is -3.08. The standard InChI is InChI=1S/C22H24N2O3/c1-6-27-22(26)20-19(17-9-12(2)7-8-18(17)23-20)24-21(25)16-11-14(4)13(3)10-15(16)5/h7-11,23H,6H2,1-5H3,(H,24,25). The summed E-state index contributed by atoms with van der Waals surface area (Å²) < 4.78 is 5.15. The fourth-order valence-electron chi connectivity index (χ4n) is 3.18. The van der Waals surface area contributed by atoms with Crippen LogP contribution in [0.3, 0.4) is 0 Å². The first kappa shape index (κ1) is 18.7. The van der Waals surface area contributed by atoms with Gasteiger partial charge in [-0.05, 0) is 69.5 Å². The third-order valence-corrected chi connectivity index (χ3v) is 4.76. The second kappa shape index (κ2) is 7.27. The van der Waals surface area contributed by atoms with Gasteiger partial charge in [-0.1, -0.05) is 17.7 Å². The monoisotopic (exact) mass is 364 g/mol. The third-order valence-electron chi connectivity index (χ3n) is 4.76. The molecule has 0 saturated heterocycles. The lowest BCUT2D eigenvalue weighted by atomic mass is 10.00. The van der Waals surface area contributed by atoms with E-state index in [-0.39, 0.29) is 18.2 Å². The second-order valence-corrected chi connectivity index (χ2v) is 6.85. The Bertz CT molecular complexity index is 1050. The Labute approximate surface area is 158 Å². The molecule has 0 radical (unpaired) electrons. The van der Waals surface area contributed by atoms with Crippen LogP contribution in [0, 0.1) is 27.7 Å². The summed E-state index contributed by atoms with van der Waals surface area (Å²) in [6.45, 7) is 9.89. The van der Waals surface area contributed by atoms with E-state index in [0.29, 0.717) is 11.3 Å². The van der Waals surface area contributed by atoms with Gasteiger partial charge in [-0.15, -0.1) is 0 Å². The molecule has 1 amide bonds. The maximum absolute atomic E-state index is 13.0. The summed E-state index contributed by atoms with van der Waals surface area (Å²) in [6.07, 6.45) is 0. The number of aromatic nitrogens is 1. The number of H-pyrrole nitrogens is 1. The van der Waals surface area contributed by atoms with Crippen LogP contribution in [-0.4, -0.2) is 23.5 Å². The van der Waals surface area contributed by atoms with Crippen molar-refractivity contribution in [2.45, 2.75) is 34.6 Å². The largest absolute Gasteiger partial charge is 0.461 e. The molecule has 0 aliphatic carbocycles. The Morgan fingerprint density at radius 1 is 1.00 bits per heavy atom. The number of fused-ring (bicyclic) bond motifs is 1. The van der Waals surface area contributed by atoms with Crippen LogP contribution in [0.1, 0.15) is 50.0 Å². The summed E-state index contributed by atoms with van der Waals surface area (Å²) in [7, 11) is 0. The van der Waals surface area contributed by atoms with Crippen LogP contribution in [0.25, 0.3) is 10.9 Å². The zero-order chi connectivity index (χ0) is 19.7. The molecule has 3 rings (SSSR count). The summed E-state index contributed by atoms with van der Waals surface area (Å²) in [5.74, 6) is -0.734. The van der Waals surface area contributed by atoms with Gasteiger partial charge in [0.2, 0.25) is 0 Å². The minimum absolute atomic E-state index is 0.247. The van der Waals surface area contributed by atoms with Crippen LogP contribution in [0.4, 0.5) is 5.69 Å². The minimum Gasteiger partial charge on any atom is -0.461 e. The van der Waals surface area contributed by atoms with Gasteiger partial charge < -0.3 is 15.0 Å². The highest BCUT2D eigenvalue weighted by molar-refractivity contribution is 6.15. The number of aryl methyl sites for hydroxylation is 4. The number of amides is 1. The molecule has 0 saturated carbocycles. The molecule has 0 atom stereocenters. The second-order valence-electron chi connectivity index (χ2n) is 6.85. The lowest BCUT2D eigenvalue weighted by Crippen LogP contribution is -2.17.